The molecule has 0 bridgehead atoms. The highest BCUT2D eigenvalue weighted by Gasteiger charge is 2.22. The van der Waals surface area contributed by atoms with Gasteiger partial charge < -0.3 is 0 Å². The average molecular weight is 397 g/mol. The third-order valence-electron chi connectivity index (χ3n) is 4.13. The Kier molecular flexibility index (Phi) is 4.21. The van der Waals surface area contributed by atoms with Crippen molar-refractivity contribution in [1.29, 1.82) is 26.3 Å². The molecular formula is C20H3N11. The predicted octanol–water partition coefficient (Wildman–Crippen LogP) is 1.25. The van der Waals surface area contributed by atoms with Crippen LogP contribution in [0.3, 0.4) is 0 Å². The van der Waals surface area contributed by atoms with Crippen molar-refractivity contribution in [2.75, 3.05) is 0 Å². The molecule has 0 saturated carbocycles. The molecule has 0 spiro atoms. The van der Waals surface area contributed by atoms with Crippen LogP contribution in [0.5, 0.6) is 0 Å². The number of rotatable bonds is 0. The Labute approximate surface area is 173 Å². The van der Waals surface area contributed by atoms with E-state index in [0.29, 0.717) is 0 Å². The quantitative estimate of drug-likeness (QED) is 0.305. The molecule has 3 aromatic heterocycles. The predicted molar refractivity (Wildman–Crippen MR) is 102 cm³/mol. The Balaban J connectivity index is 2.41. The van der Waals surface area contributed by atoms with Crippen molar-refractivity contribution in [2.45, 2.75) is 6.92 Å². The minimum Gasteiger partial charge on any atom is -0.232 e. The molecule has 3 heterocycles. The van der Waals surface area contributed by atoms with Crippen molar-refractivity contribution in [3.63, 3.8) is 0 Å². The van der Waals surface area contributed by atoms with Crippen LogP contribution < -0.4 is 0 Å². The lowest BCUT2D eigenvalue weighted by Gasteiger charge is -2.09. The van der Waals surface area contributed by atoms with Crippen LogP contribution >= 0.6 is 0 Å². The molecule has 4 rings (SSSR count). The lowest BCUT2D eigenvalue weighted by atomic mass is 10.1. The molecule has 0 saturated heterocycles. The van der Waals surface area contributed by atoms with Crippen LogP contribution in [-0.4, -0.2) is 29.9 Å². The van der Waals surface area contributed by atoms with Crippen molar-refractivity contribution in [3.05, 3.63) is 34.2 Å². The first-order valence-corrected chi connectivity index (χ1v) is 8.30. The van der Waals surface area contributed by atoms with Gasteiger partial charge in [0.05, 0.1) is 0 Å². The maximum absolute atomic E-state index is 9.46. The van der Waals surface area contributed by atoms with Gasteiger partial charge in [-0.05, 0) is 12.8 Å². The van der Waals surface area contributed by atoms with E-state index in [0.717, 1.165) is 0 Å². The second kappa shape index (κ2) is 7.01. The molecule has 31 heavy (non-hydrogen) atoms. The third kappa shape index (κ3) is 2.65. The van der Waals surface area contributed by atoms with Gasteiger partial charge in [0.25, 0.3) is 0 Å². The zero-order valence-electron chi connectivity index (χ0n) is 15.4. The Morgan fingerprint density at radius 1 is 0.419 bits per heavy atom. The maximum Gasteiger partial charge on any atom is 0.177 e. The first kappa shape index (κ1) is 18.6. The summed E-state index contributed by atoms with van der Waals surface area (Å²) in [7, 11) is 0. The molecule has 0 atom stereocenters. The van der Waals surface area contributed by atoms with Crippen LogP contribution in [0.1, 0.15) is 41.1 Å². The van der Waals surface area contributed by atoms with E-state index in [2.05, 4.69) is 41.7 Å². The largest absolute Gasteiger partial charge is 0.232 e. The van der Waals surface area contributed by atoms with E-state index in [9.17, 15) is 26.3 Å². The molecule has 0 radical (unpaired) electrons. The van der Waals surface area contributed by atoms with Gasteiger partial charge in [0.2, 0.25) is 0 Å². The Hall–Kier alpha value is -5.75. The van der Waals surface area contributed by atoms with Gasteiger partial charge >= 0.3 is 0 Å². The van der Waals surface area contributed by atoms with Crippen molar-refractivity contribution >= 4 is 33.1 Å². The molecule has 4 aromatic rings. The van der Waals surface area contributed by atoms with Gasteiger partial charge in [-0.3, -0.25) is 0 Å². The fourth-order valence-electron chi connectivity index (χ4n) is 2.89. The monoisotopic (exact) mass is 397 g/mol. The number of nitriles is 5. The van der Waals surface area contributed by atoms with Crippen molar-refractivity contribution in [3.8, 4) is 42.2 Å². The van der Waals surface area contributed by atoms with Gasteiger partial charge in [-0.2, -0.15) is 26.3 Å². The minimum absolute atomic E-state index is 0.0269. The van der Waals surface area contributed by atoms with Gasteiger partial charge in [0.15, 0.2) is 34.2 Å². The number of nitrogens with zero attached hydrogens (tertiary/aromatic N) is 11. The van der Waals surface area contributed by atoms with Crippen LogP contribution in [0.4, 0.5) is 0 Å². The minimum atomic E-state index is -0.262. The second-order valence-corrected chi connectivity index (χ2v) is 5.79. The first-order valence-electron chi connectivity index (χ1n) is 8.30. The van der Waals surface area contributed by atoms with E-state index in [-0.39, 0.29) is 67.3 Å². The highest BCUT2D eigenvalue weighted by Crippen LogP contribution is 2.31. The van der Waals surface area contributed by atoms with Crippen LogP contribution in [0, 0.1) is 68.5 Å². The summed E-state index contributed by atoms with van der Waals surface area (Å²) in [5.74, 6) is 5.32. The van der Waals surface area contributed by atoms with Gasteiger partial charge in [-0.1, -0.05) is 5.92 Å². The number of fused-ring (bicyclic) bond motifs is 6. The lowest BCUT2D eigenvalue weighted by molar-refractivity contribution is 1.16. The van der Waals surface area contributed by atoms with Crippen molar-refractivity contribution in [2.24, 2.45) is 0 Å². The summed E-state index contributed by atoms with van der Waals surface area (Å²) < 4.78 is 0. The van der Waals surface area contributed by atoms with Gasteiger partial charge in [-0.15, -0.1) is 0 Å². The average Bonchev–Trinajstić information content (AvgIpc) is 2.82. The summed E-state index contributed by atoms with van der Waals surface area (Å²) in [6, 6.07) is 9.06. The summed E-state index contributed by atoms with van der Waals surface area (Å²) in [6.45, 7) is 1.56. The number of benzene rings is 1. The highest BCUT2D eigenvalue weighted by atomic mass is 14.9. The number of hydrogen-bond donors (Lipinski definition) is 0. The van der Waals surface area contributed by atoms with Crippen LogP contribution in [0.15, 0.2) is 0 Å². The summed E-state index contributed by atoms with van der Waals surface area (Å²) >= 11 is 0. The summed E-state index contributed by atoms with van der Waals surface area (Å²) in [5.41, 5.74) is -0.676. The van der Waals surface area contributed by atoms with E-state index >= 15 is 0 Å². The van der Waals surface area contributed by atoms with Gasteiger partial charge in [-0.25, -0.2) is 29.9 Å². The SMILES string of the molecule is CC#Cc1nc2c3nc(C#N)c(C#N)nc3c3nc(C#N)c(C#N)nc3c2nc1C#N. The maximum atomic E-state index is 9.46. The van der Waals surface area contributed by atoms with Crippen molar-refractivity contribution < 1.29 is 0 Å². The van der Waals surface area contributed by atoms with Crippen LogP contribution in [-0.2, 0) is 0 Å². The van der Waals surface area contributed by atoms with E-state index < -0.39 is 0 Å². The van der Waals surface area contributed by atoms with E-state index in [1.807, 2.05) is 6.07 Å². The lowest BCUT2D eigenvalue weighted by Crippen LogP contribution is -2.05. The highest BCUT2D eigenvalue weighted by molar-refractivity contribution is 6.18. The first-order chi connectivity index (χ1) is 15.1. The van der Waals surface area contributed by atoms with E-state index in [1.54, 1.807) is 31.2 Å². The standard InChI is InChI=1S/C20H3N11/c1-2-3-9-10(4-21)27-16-15(26-9)17-19(30-12(6-23)11(5-22)28-17)20-18(16)29-13(7-24)14(8-25)31-20/h1H3. The molecule has 0 amide bonds. The molecule has 0 aliphatic carbocycles. The molecule has 0 fully saturated rings. The Morgan fingerprint density at radius 2 is 0.645 bits per heavy atom. The topological polar surface area (TPSA) is 196 Å². The fourth-order valence-corrected chi connectivity index (χ4v) is 2.89. The number of hydrogen-bond acceptors (Lipinski definition) is 11. The van der Waals surface area contributed by atoms with E-state index in [1.165, 1.54) is 0 Å². The zero-order chi connectivity index (χ0) is 22.1. The van der Waals surface area contributed by atoms with Gasteiger partial charge in [0, 0.05) is 0 Å². The second-order valence-electron chi connectivity index (χ2n) is 5.79. The Bertz CT molecular complexity index is 1700. The normalized spacial score (nSPS) is 9.68. The number of aromatic nitrogens is 6. The summed E-state index contributed by atoms with van der Waals surface area (Å²) in [5, 5.41) is 46.8. The molecule has 0 aliphatic rings. The summed E-state index contributed by atoms with van der Waals surface area (Å²) in [6.07, 6.45) is 0. The van der Waals surface area contributed by atoms with Crippen LogP contribution in [0.2, 0.25) is 0 Å². The molecule has 1 aromatic carbocycles. The Morgan fingerprint density at radius 3 is 0.871 bits per heavy atom. The van der Waals surface area contributed by atoms with Gasteiger partial charge in [0.1, 0.15) is 63.4 Å². The molecule has 0 unspecified atom stereocenters. The molecular weight excluding hydrogens is 394 g/mol. The van der Waals surface area contributed by atoms with Crippen molar-refractivity contribution in [1.82, 2.24) is 29.9 Å². The molecule has 0 aliphatic heterocycles. The fraction of sp³-hybridized carbons (Fsp3) is 0.0500. The van der Waals surface area contributed by atoms with E-state index in [4.69, 9.17) is 0 Å². The zero-order valence-corrected chi connectivity index (χ0v) is 15.4. The van der Waals surface area contributed by atoms with Crippen LogP contribution in [0.25, 0.3) is 33.1 Å². The molecule has 0 N–H and O–H groups in total. The molecule has 11 heteroatoms. The smallest absolute Gasteiger partial charge is 0.177 e. The summed E-state index contributed by atoms with van der Waals surface area (Å²) in [4.78, 5) is 25.4. The molecule has 138 valence electrons. The molecule has 11 nitrogen and oxygen atoms in total. The third-order valence-corrected chi connectivity index (χ3v) is 4.13.